The predicted molar refractivity (Wildman–Crippen MR) is 129 cm³/mol. The maximum absolute atomic E-state index is 13.4. The number of ether oxygens (including phenoxy) is 1. The quantitative estimate of drug-likeness (QED) is 0.378. The first-order valence-corrected chi connectivity index (χ1v) is 11.6. The van der Waals surface area contributed by atoms with Crippen LogP contribution in [0.4, 0.5) is 9.18 Å². The number of carbonyl (C=O) groups excluding carboxylic acids is 3. The zero-order valence-corrected chi connectivity index (χ0v) is 20.2. The summed E-state index contributed by atoms with van der Waals surface area (Å²) < 4.78 is 20.9. The first-order chi connectivity index (χ1) is 16.7. The SMILES string of the molecule is CCOc1ccc(-n2c(C)cc(C(=O)CN3C(=O)NC(CC)(c4ccc(F)cc4)C3=O)c2C)cc1. The van der Waals surface area contributed by atoms with Crippen LogP contribution in [0.5, 0.6) is 5.75 Å². The van der Waals surface area contributed by atoms with Crippen molar-refractivity contribution >= 4 is 17.7 Å². The highest BCUT2D eigenvalue weighted by Gasteiger charge is 2.51. The third-order valence-electron chi connectivity index (χ3n) is 6.48. The average molecular weight is 478 g/mol. The minimum Gasteiger partial charge on any atom is -0.494 e. The van der Waals surface area contributed by atoms with Crippen molar-refractivity contribution in [3.05, 3.63) is 82.9 Å². The van der Waals surface area contributed by atoms with Crippen LogP contribution in [0.15, 0.2) is 54.6 Å². The van der Waals surface area contributed by atoms with Crippen molar-refractivity contribution in [1.82, 2.24) is 14.8 Å². The minimum atomic E-state index is -1.33. The summed E-state index contributed by atoms with van der Waals surface area (Å²) in [5.74, 6) is -0.545. The number of imide groups is 1. The number of rotatable bonds is 8. The molecule has 0 bridgehead atoms. The molecular weight excluding hydrogens is 449 g/mol. The molecule has 1 unspecified atom stereocenters. The molecule has 1 atom stereocenters. The topological polar surface area (TPSA) is 80.6 Å². The highest BCUT2D eigenvalue weighted by Crippen LogP contribution is 2.33. The molecule has 3 aromatic rings. The van der Waals surface area contributed by atoms with Crippen LogP contribution in [-0.2, 0) is 10.3 Å². The second-order valence-corrected chi connectivity index (χ2v) is 8.56. The van der Waals surface area contributed by atoms with E-state index in [1.165, 1.54) is 24.3 Å². The van der Waals surface area contributed by atoms with Crippen molar-refractivity contribution in [2.75, 3.05) is 13.2 Å². The van der Waals surface area contributed by atoms with Gasteiger partial charge >= 0.3 is 6.03 Å². The third kappa shape index (κ3) is 4.20. The lowest BCUT2D eigenvalue weighted by Gasteiger charge is -2.25. The Morgan fingerprint density at radius 1 is 1.03 bits per heavy atom. The van der Waals surface area contributed by atoms with Gasteiger partial charge in [-0.1, -0.05) is 19.1 Å². The monoisotopic (exact) mass is 477 g/mol. The average Bonchev–Trinajstić information content (AvgIpc) is 3.28. The number of urea groups is 1. The van der Waals surface area contributed by atoms with E-state index in [1.807, 2.05) is 49.6 Å². The summed E-state index contributed by atoms with van der Waals surface area (Å²) in [6.45, 7) is 7.59. The molecule has 35 heavy (non-hydrogen) atoms. The van der Waals surface area contributed by atoms with Gasteiger partial charge in [0.1, 0.15) is 17.1 Å². The molecular formula is C27H28FN3O4. The van der Waals surface area contributed by atoms with E-state index in [0.717, 1.165) is 22.0 Å². The number of nitrogens with zero attached hydrogens (tertiary/aromatic N) is 2. The van der Waals surface area contributed by atoms with E-state index >= 15 is 0 Å². The fraction of sp³-hybridized carbons (Fsp3) is 0.296. The largest absolute Gasteiger partial charge is 0.494 e. The molecule has 1 saturated heterocycles. The molecule has 0 radical (unpaired) electrons. The van der Waals surface area contributed by atoms with Crippen LogP contribution in [-0.4, -0.2) is 40.3 Å². The summed E-state index contributed by atoms with van der Waals surface area (Å²) >= 11 is 0. The van der Waals surface area contributed by atoms with Gasteiger partial charge in [-0.2, -0.15) is 0 Å². The van der Waals surface area contributed by atoms with Gasteiger partial charge in [0.2, 0.25) is 0 Å². The minimum absolute atomic E-state index is 0.264. The number of Topliss-reactive ketones (excluding diaryl/α,β-unsaturated/α-hetero) is 1. The molecule has 2 aromatic carbocycles. The van der Waals surface area contributed by atoms with Gasteiger partial charge in [-0.3, -0.25) is 14.5 Å². The zero-order chi connectivity index (χ0) is 25.3. The standard InChI is InChI=1S/C27H28FN3O4/c1-5-27(19-7-9-20(28)10-8-19)25(33)30(26(34)29-27)16-24(32)23-15-17(3)31(18(23)4)21-11-13-22(14-12-21)35-6-2/h7-15H,5-6,16H2,1-4H3,(H,29,34). The van der Waals surface area contributed by atoms with Gasteiger partial charge in [0, 0.05) is 22.6 Å². The second-order valence-electron chi connectivity index (χ2n) is 8.56. The van der Waals surface area contributed by atoms with Crippen LogP contribution in [0.3, 0.4) is 0 Å². The molecule has 1 aromatic heterocycles. The van der Waals surface area contributed by atoms with Crippen LogP contribution < -0.4 is 10.1 Å². The lowest BCUT2D eigenvalue weighted by Crippen LogP contribution is -2.43. The molecule has 1 aliphatic rings. The van der Waals surface area contributed by atoms with E-state index < -0.39 is 23.3 Å². The molecule has 182 valence electrons. The van der Waals surface area contributed by atoms with Crippen molar-refractivity contribution in [2.45, 2.75) is 39.7 Å². The number of carbonyl (C=O) groups is 3. The fourth-order valence-electron chi connectivity index (χ4n) is 4.67. The van der Waals surface area contributed by atoms with E-state index in [4.69, 9.17) is 4.74 Å². The molecule has 7 nitrogen and oxygen atoms in total. The molecule has 2 heterocycles. The number of amides is 3. The van der Waals surface area contributed by atoms with Crippen molar-refractivity contribution in [3.8, 4) is 11.4 Å². The number of nitrogens with one attached hydrogen (secondary N) is 1. The summed E-state index contributed by atoms with van der Waals surface area (Å²) in [5, 5.41) is 2.73. The maximum atomic E-state index is 13.4. The number of benzene rings is 2. The molecule has 8 heteroatoms. The number of hydrogen-bond donors (Lipinski definition) is 1. The predicted octanol–water partition coefficient (Wildman–Crippen LogP) is 4.67. The smallest absolute Gasteiger partial charge is 0.325 e. The Kier molecular flexibility index (Phi) is 6.47. The maximum Gasteiger partial charge on any atom is 0.325 e. The highest BCUT2D eigenvalue weighted by atomic mass is 19.1. The molecule has 4 rings (SSSR count). The molecule has 0 saturated carbocycles. The van der Waals surface area contributed by atoms with Crippen molar-refractivity contribution in [1.29, 1.82) is 0 Å². The summed E-state index contributed by atoms with van der Waals surface area (Å²) in [6, 6.07) is 14.1. The first kappa shape index (κ1) is 24.2. The Labute approximate surface area is 203 Å². The van der Waals surface area contributed by atoms with Gasteiger partial charge < -0.3 is 14.6 Å². The number of aryl methyl sites for hydroxylation is 1. The normalized spacial score (nSPS) is 17.6. The van der Waals surface area contributed by atoms with Crippen LogP contribution in [0.1, 0.15) is 47.6 Å². The third-order valence-corrected chi connectivity index (χ3v) is 6.48. The van der Waals surface area contributed by atoms with Crippen molar-refractivity contribution < 1.29 is 23.5 Å². The van der Waals surface area contributed by atoms with Crippen LogP contribution in [0.25, 0.3) is 5.69 Å². The van der Waals surface area contributed by atoms with Gasteiger partial charge in [-0.15, -0.1) is 0 Å². The molecule has 0 aliphatic carbocycles. The van der Waals surface area contributed by atoms with Gasteiger partial charge in [-0.05, 0) is 75.2 Å². The summed E-state index contributed by atoms with van der Waals surface area (Å²) in [5.41, 5.74) is 2.02. The van der Waals surface area contributed by atoms with E-state index in [2.05, 4.69) is 5.32 Å². The van der Waals surface area contributed by atoms with Crippen LogP contribution in [0.2, 0.25) is 0 Å². The molecule has 1 N–H and O–H groups in total. The molecule has 1 aliphatic heterocycles. The van der Waals surface area contributed by atoms with Gasteiger partial charge in [0.15, 0.2) is 5.78 Å². The molecule has 1 fully saturated rings. The van der Waals surface area contributed by atoms with Gasteiger partial charge in [0.05, 0.1) is 13.2 Å². The Morgan fingerprint density at radius 3 is 2.29 bits per heavy atom. The van der Waals surface area contributed by atoms with E-state index in [9.17, 15) is 18.8 Å². The summed E-state index contributed by atoms with van der Waals surface area (Å²) in [7, 11) is 0. The number of ketones is 1. The zero-order valence-electron chi connectivity index (χ0n) is 20.2. The van der Waals surface area contributed by atoms with Gasteiger partial charge in [-0.25, -0.2) is 9.18 Å². The Morgan fingerprint density at radius 2 is 1.69 bits per heavy atom. The Bertz CT molecular complexity index is 1280. The Hall–Kier alpha value is -3.94. The fourth-order valence-corrected chi connectivity index (χ4v) is 4.67. The summed E-state index contributed by atoms with van der Waals surface area (Å²) in [6.07, 6.45) is 0.264. The van der Waals surface area contributed by atoms with E-state index in [-0.39, 0.29) is 18.7 Å². The first-order valence-electron chi connectivity index (χ1n) is 11.6. The summed E-state index contributed by atoms with van der Waals surface area (Å²) in [4.78, 5) is 40.4. The number of aromatic nitrogens is 1. The van der Waals surface area contributed by atoms with Crippen molar-refractivity contribution in [2.24, 2.45) is 0 Å². The van der Waals surface area contributed by atoms with E-state index in [1.54, 1.807) is 13.0 Å². The van der Waals surface area contributed by atoms with E-state index in [0.29, 0.717) is 23.4 Å². The van der Waals surface area contributed by atoms with Crippen molar-refractivity contribution in [3.63, 3.8) is 0 Å². The second kappa shape index (κ2) is 9.37. The molecule has 0 spiro atoms. The lowest BCUT2D eigenvalue weighted by atomic mass is 9.87. The van der Waals surface area contributed by atoms with Crippen LogP contribution >= 0.6 is 0 Å². The highest BCUT2D eigenvalue weighted by molar-refractivity contribution is 6.11. The molecule has 3 amide bonds. The number of halogens is 1. The lowest BCUT2D eigenvalue weighted by molar-refractivity contribution is -0.131. The number of hydrogen-bond acceptors (Lipinski definition) is 4. The Balaban J connectivity index is 1.59. The van der Waals surface area contributed by atoms with Gasteiger partial charge in [0.25, 0.3) is 5.91 Å². The van der Waals surface area contributed by atoms with Crippen LogP contribution in [0, 0.1) is 19.7 Å².